The maximum atomic E-state index is 11.7. The van der Waals surface area contributed by atoms with Crippen molar-refractivity contribution in [2.45, 2.75) is 25.3 Å². The summed E-state index contributed by atoms with van der Waals surface area (Å²) in [5.74, 6) is 0.0628. The largest absolute Gasteiger partial charge is 0.330 e. The topological polar surface area (TPSA) is 80.0 Å². The molecular weight excluding hydrogens is 216 g/mol. The van der Waals surface area contributed by atoms with Gasteiger partial charge in [0.2, 0.25) is 5.91 Å². The number of nitrogens with two attached hydrogens (primary N) is 1. The third-order valence-electron chi connectivity index (χ3n) is 3.12. The quantitative estimate of drug-likeness (QED) is 0.648. The monoisotopic (exact) mass is 234 g/mol. The van der Waals surface area contributed by atoms with Crippen LogP contribution in [0.15, 0.2) is 24.5 Å². The van der Waals surface area contributed by atoms with E-state index in [0.29, 0.717) is 6.54 Å². The molecule has 1 saturated heterocycles. The third kappa shape index (κ3) is 2.81. The number of hydrogen-bond donors (Lipinski definition) is 3. The lowest BCUT2D eigenvalue weighted by Crippen LogP contribution is -2.27. The van der Waals surface area contributed by atoms with Crippen molar-refractivity contribution in [3.63, 3.8) is 0 Å². The number of carbonyl (C=O) groups is 1. The zero-order chi connectivity index (χ0) is 12.1. The molecule has 5 heteroatoms. The summed E-state index contributed by atoms with van der Waals surface area (Å²) < 4.78 is 0. The Morgan fingerprint density at radius 2 is 2.06 bits per heavy atom. The molecule has 1 aromatic heterocycles. The van der Waals surface area contributed by atoms with Crippen LogP contribution in [0.5, 0.6) is 0 Å². The lowest BCUT2D eigenvalue weighted by atomic mass is 9.90. The molecule has 0 aliphatic carbocycles. The standard InChI is InChI=1S/C12H18N4O/c13-6-2-1-3-10-11(15-16-12(10)17)9-4-7-14-8-5-9/h4-5,7-8,10-11,15H,1-3,6,13H2,(H,16,17). The highest BCUT2D eigenvalue weighted by Crippen LogP contribution is 2.28. The van der Waals surface area contributed by atoms with E-state index in [2.05, 4.69) is 15.8 Å². The van der Waals surface area contributed by atoms with E-state index in [9.17, 15) is 4.79 Å². The third-order valence-corrected chi connectivity index (χ3v) is 3.12. The van der Waals surface area contributed by atoms with Gasteiger partial charge < -0.3 is 5.73 Å². The van der Waals surface area contributed by atoms with Crippen LogP contribution < -0.4 is 16.6 Å². The first kappa shape index (κ1) is 12.0. The molecule has 0 saturated carbocycles. The minimum atomic E-state index is -0.0102. The van der Waals surface area contributed by atoms with Crippen LogP contribution in [0.2, 0.25) is 0 Å². The fraction of sp³-hybridized carbons (Fsp3) is 0.500. The van der Waals surface area contributed by atoms with Crippen LogP contribution in [0.1, 0.15) is 30.9 Å². The summed E-state index contributed by atoms with van der Waals surface area (Å²) in [5, 5.41) is 0. The Balaban J connectivity index is 2.03. The Hall–Kier alpha value is -1.46. The van der Waals surface area contributed by atoms with Crippen LogP contribution in [-0.2, 0) is 4.79 Å². The van der Waals surface area contributed by atoms with Crippen molar-refractivity contribution in [1.82, 2.24) is 15.8 Å². The lowest BCUT2D eigenvalue weighted by Gasteiger charge is -2.16. The van der Waals surface area contributed by atoms with Crippen molar-refractivity contribution in [2.75, 3.05) is 6.54 Å². The number of nitrogens with one attached hydrogen (secondary N) is 2. The van der Waals surface area contributed by atoms with Gasteiger partial charge in [0.25, 0.3) is 0 Å². The van der Waals surface area contributed by atoms with Crippen LogP contribution in [0.3, 0.4) is 0 Å². The van der Waals surface area contributed by atoms with Crippen molar-refractivity contribution in [1.29, 1.82) is 0 Å². The van der Waals surface area contributed by atoms with Crippen molar-refractivity contribution < 1.29 is 4.79 Å². The van der Waals surface area contributed by atoms with Crippen molar-refractivity contribution in [3.05, 3.63) is 30.1 Å². The summed E-state index contributed by atoms with van der Waals surface area (Å²) >= 11 is 0. The number of pyridine rings is 1. The van der Waals surface area contributed by atoms with Crippen LogP contribution in [0, 0.1) is 5.92 Å². The van der Waals surface area contributed by atoms with Crippen molar-refractivity contribution >= 4 is 5.91 Å². The Morgan fingerprint density at radius 1 is 1.29 bits per heavy atom. The molecule has 0 bridgehead atoms. The zero-order valence-corrected chi connectivity index (χ0v) is 9.73. The fourth-order valence-electron chi connectivity index (χ4n) is 2.19. The minimum absolute atomic E-state index is 0.0102. The molecule has 2 heterocycles. The van der Waals surface area contributed by atoms with E-state index in [0.717, 1.165) is 24.8 Å². The van der Waals surface area contributed by atoms with E-state index in [1.54, 1.807) is 12.4 Å². The number of nitrogens with zero attached hydrogens (tertiary/aromatic N) is 1. The molecule has 17 heavy (non-hydrogen) atoms. The van der Waals surface area contributed by atoms with Gasteiger partial charge >= 0.3 is 0 Å². The van der Waals surface area contributed by atoms with Crippen LogP contribution >= 0.6 is 0 Å². The van der Waals surface area contributed by atoms with E-state index in [1.165, 1.54) is 0 Å². The number of hydrogen-bond acceptors (Lipinski definition) is 4. The molecule has 4 N–H and O–H groups in total. The van der Waals surface area contributed by atoms with Gasteiger partial charge in [0.05, 0.1) is 12.0 Å². The Bertz CT molecular complexity index is 368. The average molecular weight is 234 g/mol. The molecule has 1 aromatic rings. The maximum absolute atomic E-state index is 11.7. The molecule has 0 spiro atoms. The van der Waals surface area contributed by atoms with Crippen LogP contribution in [0.4, 0.5) is 0 Å². The van der Waals surface area contributed by atoms with Crippen molar-refractivity contribution in [2.24, 2.45) is 11.7 Å². The molecule has 92 valence electrons. The number of carbonyl (C=O) groups excluding carboxylic acids is 1. The van der Waals surface area contributed by atoms with E-state index < -0.39 is 0 Å². The summed E-state index contributed by atoms with van der Waals surface area (Å²) in [6.07, 6.45) is 6.31. The maximum Gasteiger partial charge on any atom is 0.239 e. The Kier molecular flexibility index (Phi) is 4.06. The smallest absolute Gasteiger partial charge is 0.239 e. The van der Waals surface area contributed by atoms with E-state index in [1.807, 2.05) is 12.1 Å². The van der Waals surface area contributed by atoms with Crippen molar-refractivity contribution in [3.8, 4) is 0 Å². The fourth-order valence-corrected chi connectivity index (χ4v) is 2.19. The molecule has 1 aliphatic rings. The highest BCUT2D eigenvalue weighted by molar-refractivity contribution is 5.81. The van der Waals surface area contributed by atoms with Gasteiger partial charge in [-0.1, -0.05) is 6.42 Å². The number of hydrazine groups is 1. The first-order valence-electron chi connectivity index (χ1n) is 5.98. The lowest BCUT2D eigenvalue weighted by molar-refractivity contribution is -0.123. The molecule has 2 rings (SSSR count). The number of unbranched alkanes of at least 4 members (excludes halogenated alkanes) is 1. The number of aromatic nitrogens is 1. The van der Waals surface area contributed by atoms with Gasteiger partial charge in [-0.05, 0) is 37.1 Å². The second-order valence-corrected chi connectivity index (χ2v) is 4.28. The Morgan fingerprint density at radius 3 is 2.76 bits per heavy atom. The molecule has 0 radical (unpaired) electrons. The Labute approximate surface area is 101 Å². The second kappa shape index (κ2) is 5.75. The average Bonchev–Trinajstić information content (AvgIpc) is 2.73. The summed E-state index contributed by atoms with van der Waals surface area (Å²) in [6, 6.07) is 3.92. The van der Waals surface area contributed by atoms with Gasteiger partial charge in [-0.15, -0.1) is 0 Å². The van der Waals surface area contributed by atoms with Crippen LogP contribution in [0.25, 0.3) is 0 Å². The normalized spacial score (nSPS) is 23.7. The zero-order valence-electron chi connectivity index (χ0n) is 9.73. The SMILES string of the molecule is NCCCCC1C(=O)NNC1c1ccncc1. The minimum Gasteiger partial charge on any atom is -0.330 e. The molecule has 1 fully saturated rings. The molecular formula is C12H18N4O. The van der Waals surface area contributed by atoms with Gasteiger partial charge in [-0.25, -0.2) is 5.43 Å². The molecule has 2 unspecified atom stereocenters. The summed E-state index contributed by atoms with van der Waals surface area (Å²) in [6.45, 7) is 0.682. The molecule has 5 nitrogen and oxygen atoms in total. The van der Waals surface area contributed by atoms with E-state index in [-0.39, 0.29) is 17.9 Å². The van der Waals surface area contributed by atoms with Gasteiger partial charge in [0.1, 0.15) is 0 Å². The highest BCUT2D eigenvalue weighted by atomic mass is 16.2. The number of rotatable bonds is 5. The molecule has 1 amide bonds. The number of amides is 1. The summed E-state index contributed by atoms with van der Waals surface area (Å²) in [4.78, 5) is 15.7. The first-order valence-corrected chi connectivity index (χ1v) is 5.98. The highest BCUT2D eigenvalue weighted by Gasteiger charge is 2.34. The second-order valence-electron chi connectivity index (χ2n) is 4.28. The van der Waals surface area contributed by atoms with E-state index >= 15 is 0 Å². The molecule has 1 aliphatic heterocycles. The van der Waals surface area contributed by atoms with Gasteiger partial charge in [0.15, 0.2) is 0 Å². The predicted molar refractivity (Wildman–Crippen MR) is 64.7 cm³/mol. The van der Waals surface area contributed by atoms with Gasteiger partial charge in [-0.2, -0.15) is 0 Å². The summed E-state index contributed by atoms with van der Waals surface area (Å²) in [7, 11) is 0. The van der Waals surface area contributed by atoms with E-state index in [4.69, 9.17) is 5.73 Å². The van der Waals surface area contributed by atoms with Crippen LogP contribution in [-0.4, -0.2) is 17.4 Å². The summed E-state index contributed by atoms with van der Waals surface area (Å²) in [5.41, 5.74) is 12.3. The van der Waals surface area contributed by atoms with Gasteiger partial charge in [-0.3, -0.25) is 15.2 Å². The van der Waals surface area contributed by atoms with Gasteiger partial charge in [0, 0.05) is 12.4 Å². The molecule has 2 atom stereocenters. The predicted octanol–water partition coefficient (Wildman–Crippen LogP) is 0.502. The first-order chi connectivity index (χ1) is 8.33. The molecule has 0 aromatic carbocycles.